The number of rotatable bonds is 5. The highest BCUT2D eigenvalue weighted by Crippen LogP contribution is 2.37. The maximum absolute atomic E-state index is 13.4. The Balaban J connectivity index is 1.46. The Morgan fingerprint density at radius 1 is 1.05 bits per heavy atom. The third-order valence-electron chi connectivity index (χ3n) is 6.70. The summed E-state index contributed by atoms with van der Waals surface area (Å²) >= 11 is 6.35. The van der Waals surface area contributed by atoms with Gasteiger partial charge in [0.25, 0.3) is 5.56 Å². The number of benzene rings is 3. The van der Waals surface area contributed by atoms with Crippen molar-refractivity contribution in [2.75, 3.05) is 30.4 Å². The molecule has 2 heterocycles. The topological polar surface area (TPSA) is 91.5 Å². The Hall–Kier alpha value is -4.10. The SMILES string of the molecule is COC(=O)c1ccc(NC(=O)[C@H]2CCCN(c3c(-c4ccccc4)c4cc(Cl)ccc4[nH]c3=O)C2)cc1. The number of aromatic nitrogens is 1. The number of ether oxygens (including phenoxy) is 1. The van der Waals surface area contributed by atoms with Gasteiger partial charge in [-0.05, 0) is 60.9 Å². The second kappa shape index (κ2) is 10.5. The van der Waals surface area contributed by atoms with Crippen LogP contribution in [0.15, 0.2) is 77.6 Å². The molecule has 0 unspecified atom stereocenters. The van der Waals surface area contributed by atoms with Gasteiger partial charge in [0, 0.05) is 40.3 Å². The normalized spacial score (nSPS) is 15.4. The summed E-state index contributed by atoms with van der Waals surface area (Å²) in [6.45, 7) is 1.06. The number of halogens is 1. The largest absolute Gasteiger partial charge is 0.465 e. The minimum atomic E-state index is -0.433. The van der Waals surface area contributed by atoms with Crippen LogP contribution in [-0.2, 0) is 9.53 Å². The molecule has 1 atom stereocenters. The number of hydrogen-bond acceptors (Lipinski definition) is 5. The maximum Gasteiger partial charge on any atom is 0.337 e. The number of nitrogens with one attached hydrogen (secondary N) is 2. The van der Waals surface area contributed by atoms with Crippen LogP contribution in [0.5, 0.6) is 0 Å². The zero-order chi connectivity index (χ0) is 25.9. The summed E-state index contributed by atoms with van der Waals surface area (Å²) in [5, 5.41) is 4.38. The first-order valence-corrected chi connectivity index (χ1v) is 12.5. The molecule has 188 valence electrons. The predicted molar refractivity (Wildman–Crippen MR) is 146 cm³/mol. The standard InChI is InChI=1S/C29H26ClN3O4/c1-37-29(36)19-9-12-22(13-10-19)31-27(34)20-8-5-15-33(17-20)26-25(18-6-3-2-4-7-18)23-16-21(30)11-14-24(23)32-28(26)35/h2-4,6-7,9-14,16,20H,5,8,15,17H2,1H3,(H,31,34)(H,32,35)/t20-/m0/s1. The number of H-pyrrole nitrogens is 1. The summed E-state index contributed by atoms with van der Waals surface area (Å²) in [4.78, 5) is 43.3. The van der Waals surface area contributed by atoms with Gasteiger partial charge in [-0.15, -0.1) is 0 Å². The lowest BCUT2D eigenvalue weighted by atomic mass is 9.93. The molecule has 1 aromatic heterocycles. The number of piperidine rings is 1. The molecule has 1 saturated heterocycles. The highest BCUT2D eigenvalue weighted by atomic mass is 35.5. The van der Waals surface area contributed by atoms with Gasteiger partial charge in [-0.1, -0.05) is 41.9 Å². The Bertz CT molecular complexity index is 1520. The van der Waals surface area contributed by atoms with Crippen LogP contribution >= 0.6 is 11.6 Å². The van der Waals surface area contributed by atoms with Crippen molar-refractivity contribution in [2.45, 2.75) is 12.8 Å². The fourth-order valence-electron chi connectivity index (χ4n) is 4.90. The van der Waals surface area contributed by atoms with E-state index in [4.69, 9.17) is 16.3 Å². The number of esters is 1. The molecule has 4 aromatic rings. The summed E-state index contributed by atoms with van der Waals surface area (Å²) in [7, 11) is 1.32. The van der Waals surface area contributed by atoms with E-state index >= 15 is 0 Å². The number of carbonyl (C=O) groups is 2. The molecule has 0 bridgehead atoms. The highest BCUT2D eigenvalue weighted by Gasteiger charge is 2.29. The average Bonchev–Trinajstić information content (AvgIpc) is 2.93. The summed E-state index contributed by atoms with van der Waals surface area (Å²) in [5.74, 6) is -0.874. The lowest BCUT2D eigenvalue weighted by Crippen LogP contribution is -2.43. The second-order valence-corrected chi connectivity index (χ2v) is 9.51. The fourth-order valence-corrected chi connectivity index (χ4v) is 5.07. The third kappa shape index (κ3) is 5.08. The van der Waals surface area contributed by atoms with Crippen LogP contribution in [0.4, 0.5) is 11.4 Å². The number of hydrogen-bond donors (Lipinski definition) is 2. The molecule has 0 aliphatic carbocycles. The summed E-state index contributed by atoms with van der Waals surface area (Å²) in [6, 6.07) is 21.8. The lowest BCUT2D eigenvalue weighted by molar-refractivity contribution is -0.120. The van der Waals surface area contributed by atoms with Gasteiger partial charge in [-0.2, -0.15) is 0 Å². The Morgan fingerprint density at radius 3 is 2.54 bits per heavy atom. The van der Waals surface area contributed by atoms with Crippen molar-refractivity contribution in [2.24, 2.45) is 5.92 Å². The van der Waals surface area contributed by atoms with Gasteiger partial charge in [0.05, 0.1) is 18.6 Å². The van der Waals surface area contributed by atoms with Gasteiger partial charge in [-0.3, -0.25) is 9.59 Å². The van der Waals surface area contributed by atoms with Gasteiger partial charge in [0.2, 0.25) is 5.91 Å². The third-order valence-corrected chi connectivity index (χ3v) is 6.93. The smallest absolute Gasteiger partial charge is 0.337 e. The Labute approximate surface area is 219 Å². The molecule has 0 radical (unpaired) electrons. The molecular formula is C29H26ClN3O4. The minimum absolute atomic E-state index is 0.128. The molecule has 2 N–H and O–H groups in total. The molecule has 37 heavy (non-hydrogen) atoms. The van der Waals surface area contributed by atoms with E-state index < -0.39 is 5.97 Å². The number of amides is 1. The van der Waals surface area contributed by atoms with Crippen LogP contribution < -0.4 is 15.8 Å². The van der Waals surface area contributed by atoms with Crippen LogP contribution in [0.1, 0.15) is 23.2 Å². The first-order chi connectivity index (χ1) is 17.9. The molecule has 8 heteroatoms. The van der Waals surface area contributed by atoms with E-state index in [1.165, 1.54) is 7.11 Å². The Morgan fingerprint density at radius 2 is 1.81 bits per heavy atom. The first kappa shape index (κ1) is 24.6. The van der Waals surface area contributed by atoms with Gasteiger partial charge >= 0.3 is 5.97 Å². The highest BCUT2D eigenvalue weighted by molar-refractivity contribution is 6.31. The zero-order valence-electron chi connectivity index (χ0n) is 20.3. The Kier molecular flexibility index (Phi) is 6.97. The number of carbonyl (C=O) groups excluding carboxylic acids is 2. The number of fused-ring (bicyclic) bond motifs is 1. The molecule has 3 aromatic carbocycles. The van der Waals surface area contributed by atoms with Gasteiger partial charge in [-0.25, -0.2) is 4.79 Å². The molecule has 7 nitrogen and oxygen atoms in total. The van der Waals surface area contributed by atoms with Crippen LogP contribution in [-0.4, -0.2) is 37.1 Å². The van der Waals surface area contributed by atoms with E-state index in [1.54, 1.807) is 30.3 Å². The van der Waals surface area contributed by atoms with Crippen molar-refractivity contribution in [1.82, 2.24) is 4.98 Å². The van der Waals surface area contributed by atoms with Crippen molar-refractivity contribution in [3.05, 3.63) is 93.7 Å². The molecule has 1 aliphatic heterocycles. The molecule has 1 fully saturated rings. The molecule has 0 spiro atoms. The molecule has 0 saturated carbocycles. The molecular weight excluding hydrogens is 490 g/mol. The van der Waals surface area contributed by atoms with Gasteiger partial charge in [0.1, 0.15) is 5.69 Å². The predicted octanol–water partition coefficient (Wildman–Crippen LogP) is 5.49. The zero-order valence-corrected chi connectivity index (χ0v) is 21.0. The molecule has 5 rings (SSSR count). The van der Waals surface area contributed by atoms with E-state index in [0.29, 0.717) is 47.0 Å². The van der Waals surface area contributed by atoms with Crippen LogP contribution in [0.3, 0.4) is 0 Å². The van der Waals surface area contributed by atoms with E-state index in [2.05, 4.69) is 10.3 Å². The number of nitrogens with zero attached hydrogens (tertiary/aromatic N) is 1. The summed E-state index contributed by atoms with van der Waals surface area (Å²) in [5.41, 5.74) is 3.77. The quantitative estimate of drug-likeness (QED) is 0.343. The van der Waals surface area contributed by atoms with E-state index in [9.17, 15) is 14.4 Å². The van der Waals surface area contributed by atoms with Crippen molar-refractivity contribution in [3.63, 3.8) is 0 Å². The number of aromatic amines is 1. The number of pyridine rings is 1. The number of anilines is 2. The second-order valence-electron chi connectivity index (χ2n) is 9.08. The van der Waals surface area contributed by atoms with Crippen LogP contribution in [0, 0.1) is 5.92 Å². The van der Waals surface area contributed by atoms with Gasteiger partial charge < -0.3 is 19.9 Å². The van der Waals surface area contributed by atoms with Crippen LogP contribution in [0.2, 0.25) is 5.02 Å². The van der Waals surface area contributed by atoms with E-state index in [1.807, 2.05) is 47.4 Å². The van der Waals surface area contributed by atoms with Crippen molar-refractivity contribution in [3.8, 4) is 11.1 Å². The summed E-state index contributed by atoms with van der Waals surface area (Å²) in [6.07, 6.45) is 1.47. The fraction of sp³-hybridized carbons (Fsp3) is 0.207. The number of methoxy groups -OCH3 is 1. The van der Waals surface area contributed by atoms with E-state index in [0.717, 1.165) is 22.9 Å². The average molecular weight is 516 g/mol. The van der Waals surface area contributed by atoms with Crippen molar-refractivity contribution in [1.29, 1.82) is 0 Å². The van der Waals surface area contributed by atoms with E-state index in [-0.39, 0.29) is 17.4 Å². The first-order valence-electron chi connectivity index (χ1n) is 12.1. The van der Waals surface area contributed by atoms with Crippen LogP contribution in [0.25, 0.3) is 22.0 Å². The van der Waals surface area contributed by atoms with Crippen molar-refractivity contribution >= 4 is 45.8 Å². The summed E-state index contributed by atoms with van der Waals surface area (Å²) < 4.78 is 4.72. The maximum atomic E-state index is 13.4. The van der Waals surface area contributed by atoms with Gasteiger partial charge in [0.15, 0.2) is 0 Å². The molecule has 1 amide bonds. The monoisotopic (exact) mass is 515 g/mol. The molecule has 1 aliphatic rings. The minimum Gasteiger partial charge on any atom is -0.465 e. The van der Waals surface area contributed by atoms with Crippen molar-refractivity contribution < 1.29 is 14.3 Å². The lowest BCUT2D eigenvalue weighted by Gasteiger charge is -2.34.